The van der Waals surface area contributed by atoms with Gasteiger partial charge in [0.05, 0.1) is 4.92 Å². The molecular weight excluding hydrogens is 378 g/mol. The number of anilines is 4. The van der Waals surface area contributed by atoms with Crippen molar-refractivity contribution in [2.45, 2.75) is 19.8 Å². The lowest BCUT2D eigenvalue weighted by Gasteiger charge is -2.30. The number of fused-ring (bicyclic) bond motifs is 1. The molecule has 0 unspecified atom stereocenters. The quantitative estimate of drug-likeness (QED) is 0.484. The van der Waals surface area contributed by atoms with E-state index < -0.39 is 4.92 Å². The van der Waals surface area contributed by atoms with Crippen LogP contribution in [0.1, 0.15) is 17.5 Å². The molecule has 2 aromatic carbocycles. The van der Waals surface area contributed by atoms with Crippen LogP contribution in [0.3, 0.4) is 0 Å². The number of aromatic nitrogens is 2. The van der Waals surface area contributed by atoms with E-state index in [-0.39, 0.29) is 11.5 Å². The number of nitro groups is 1. The fourth-order valence-electron chi connectivity index (χ4n) is 3.48. The van der Waals surface area contributed by atoms with Gasteiger partial charge >= 0.3 is 5.69 Å². The average molecular weight is 396 g/mol. The lowest BCUT2D eigenvalue weighted by molar-refractivity contribution is -0.383. The van der Waals surface area contributed by atoms with Crippen LogP contribution >= 0.6 is 11.6 Å². The zero-order chi connectivity index (χ0) is 19.7. The fourth-order valence-corrected chi connectivity index (χ4v) is 3.70. The number of para-hydroxylation sites is 1. The first-order chi connectivity index (χ1) is 13.5. The van der Waals surface area contributed by atoms with E-state index in [1.165, 1.54) is 6.33 Å². The van der Waals surface area contributed by atoms with Gasteiger partial charge in [-0.3, -0.25) is 10.1 Å². The highest BCUT2D eigenvalue weighted by atomic mass is 35.5. The minimum absolute atomic E-state index is 0.145. The van der Waals surface area contributed by atoms with Crippen LogP contribution in [0.4, 0.5) is 28.7 Å². The molecule has 142 valence electrons. The van der Waals surface area contributed by atoms with Gasteiger partial charge in [0, 0.05) is 22.9 Å². The van der Waals surface area contributed by atoms with Crippen molar-refractivity contribution < 1.29 is 4.92 Å². The van der Waals surface area contributed by atoms with Gasteiger partial charge in [0.1, 0.15) is 6.33 Å². The first-order valence-corrected chi connectivity index (χ1v) is 9.30. The summed E-state index contributed by atoms with van der Waals surface area (Å²) in [4.78, 5) is 21.9. The van der Waals surface area contributed by atoms with E-state index in [0.717, 1.165) is 29.7 Å². The maximum Gasteiger partial charge on any atom is 0.354 e. The second kappa shape index (κ2) is 7.44. The van der Waals surface area contributed by atoms with Crippen molar-refractivity contribution in [3.05, 3.63) is 75.1 Å². The third-order valence-corrected chi connectivity index (χ3v) is 5.03. The molecular formula is C20H18ClN5O2. The fraction of sp³-hybridized carbons (Fsp3) is 0.200. The Bertz CT molecular complexity index is 1060. The molecule has 0 spiro atoms. The zero-order valence-corrected chi connectivity index (χ0v) is 16.0. The standard InChI is InChI=1S/C20H18ClN5O2/c1-13-11-15(21)8-9-16(13)24-19-18(26(27)28)20(23-12-22-19)25-10-4-6-14-5-2-3-7-17(14)25/h2-3,5,7-9,11-12H,4,6,10H2,1H3,(H,22,23,24). The number of benzene rings is 2. The highest BCUT2D eigenvalue weighted by Crippen LogP contribution is 2.40. The van der Waals surface area contributed by atoms with Gasteiger partial charge in [0.25, 0.3) is 0 Å². The molecule has 2 heterocycles. The zero-order valence-electron chi connectivity index (χ0n) is 15.2. The summed E-state index contributed by atoms with van der Waals surface area (Å²) in [7, 11) is 0. The first kappa shape index (κ1) is 18.2. The maximum absolute atomic E-state index is 12.0. The number of hydrogen-bond donors (Lipinski definition) is 1. The van der Waals surface area contributed by atoms with Crippen molar-refractivity contribution in [3.63, 3.8) is 0 Å². The van der Waals surface area contributed by atoms with Crippen LogP contribution in [0, 0.1) is 17.0 Å². The van der Waals surface area contributed by atoms with Gasteiger partial charge in [0.15, 0.2) is 0 Å². The van der Waals surface area contributed by atoms with Crippen LogP contribution in [0.2, 0.25) is 5.02 Å². The van der Waals surface area contributed by atoms with E-state index in [1.807, 2.05) is 36.1 Å². The Labute approximate surface area is 167 Å². The van der Waals surface area contributed by atoms with Gasteiger partial charge in [-0.05, 0) is 55.2 Å². The molecule has 1 aliphatic heterocycles. The van der Waals surface area contributed by atoms with Gasteiger partial charge < -0.3 is 10.2 Å². The predicted octanol–water partition coefficient (Wildman–Crippen LogP) is 5.17. The van der Waals surface area contributed by atoms with E-state index in [1.54, 1.807) is 18.2 Å². The smallest absolute Gasteiger partial charge is 0.334 e. The highest BCUT2D eigenvalue weighted by molar-refractivity contribution is 6.30. The molecule has 1 aliphatic rings. The summed E-state index contributed by atoms with van der Waals surface area (Å²) < 4.78 is 0. The lowest BCUT2D eigenvalue weighted by atomic mass is 10.0. The SMILES string of the molecule is Cc1cc(Cl)ccc1Nc1ncnc(N2CCCc3ccccc32)c1[N+](=O)[O-]. The van der Waals surface area contributed by atoms with Gasteiger partial charge in [0.2, 0.25) is 11.6 Å². The summed E-state index contributed by atoms with van der Waals surface area (Å²) >= 11 is 6.01. The van der Waals surface area contributed by atoms with Gasteiger partial charge in [-0.25, -0.2) is 9.97 Å². The van der Waals surface area contributed by atoms with Crippen LogP contribution in [-0.2, 0) is 6.42 Å². The molecule has 0 fully saturated rings. The third-order valence-electron chi connectivity index (χ3n) is 4.79. The van der Waals surface area contributed by atoms with E-state index in [2.05, 4.69) is 15.3 Å². The van der Waals surface area contributed by atoms with E-state index >= 15 is 0 Å². The molecule has 3 aromatic rings. The van der Waals surface area contributed by atoms with Crippen molar-refractivity contribution in [1.29, 1.82) is 0 Å². The summed E-state index contributed by atoms with van der Waals surface area (Å²) in [6, 6.07) is 13.2. The maximum atomic E-state index is 12.0. The molecule has 0 radical (unpaired) electrons. The summed E-state index contributed by atoms with van der Waals surface area (Å²) in [5, 5.41) is 15.6. The van der Waals surface area contributed by atoms with Crippen LogP contribution < -0.4 is 10.2 Å². The van der Waals surface area contributed by atoms with Crippen molar-refractivity contribution >= 4 is 40.3 Å². The number of nitrogens with one attached hydrogen (secondary N) is 1. The Hall–Kier alpha value is -3.19. The number of hydrogen-bond acceptors (Lipinski definition) is 6. The number of rotatable bonds is 4. The summed E-state index contributed by atoms with van der Waals surface area (Å²) in [6.07, 6.45) is 3.20. The van der Waals surface area contributed by atoms with E-state index in [9.17, 15) is 10.1 Å². The molecule has 0 aliphatic carbocycles. The molecule has 28 heavy (non-hydrogen) atoms. The Morgan fingerprint density at radius 2 is 2.04 bits per heavy atom. The van der Waals surface area contributed by atoms with Crippen molar-refractivity contribution in [2.24, 2.45) is 0 Å². The molecule has 1 N–H and O–H groups in total. The number of halogens is 1. The number of nitrogens with zero attached hydrogens (tertiary/aromatic N) is 4. The summed E-state index contributed by atoms with van der Waals surface area (Å²) in [5.74, 6) is 0.449. The first-order valence-electron chi connectivity index (χ1n) is 8.92. The molecule has 7 nitrogen and oxygen atoms in total. The molecule has 0 atom stereocenters. The second-order valence-corrected chi connectivity index (χ2v) is 7.06. The summed E-state index contributed by atoms with van der Waals surface area (Å²) in [6.45, 7) is 2.54. The van der Waals surface area contributed by atoms with E-state index in [0.29, 0.717) is 23.1 Å². The Balaban J connectivity index is 1.80. The van der Waals surface area contributed by atoms with Crippen LogP contribution in [0.15, 0.2) is 48.8 Å². The Kier molecular flexibility index (Phi) is 4.83. The normalized spacial score (nSPS) is 13.1. The van der Waals surface area contributed by atoms with E-state index in [4.69, 9.17) is 11.6 Å². The molecule has 0 saturated carbocycles. The van der Waals surface area contributed by atoms with Gasteiger partial charge in [-0.2, -0.15) is 0 Å². The minimum atomic E-state index is -0.430. The predicted molar refractivity (Wildman–Crippen MR) is 110 cm³/mol. The van der Waals surface area contributed by atoms with Crippen molar-refractivity contribution in [1.82, 2.24) is 9.97 Å². The van der Waals surface area contributed by atoms with Gasteiger partial charge in [-0.15, -0.1) is 0 Å². The average Bonchev–Trinajstić information content (AvgIpc) is 2.69. The molecule has 0 amide bonds. The molecule has 4 rings (SSSR count). The van der Waals surface area contributed by atoms with Gasteiger partial charge in [-0.1, -0.05) is 29.8 Å². The van der Waals surface area contributed by atoms with Crippen molar-refractivity contribution in [2.75, 3.05) is 16.8 Å². The van der Waals surface area contributed by atoms with Crippen molar-refractivity contribution in [3.8, 4) is 0 Å². The lowest BCUT2D eigenvalue weighted by Crippen LogP contribution is -2.26. The molecule has 8 heteroatoms. The van der Waals surface area contributed by atoms with Crippen LogP contribution in [-0.4, -0.2) is 21.4 Å². The van der Waals surface area contributed by atoms with Crippen LogP contribution in [0.25, 0.3) is 0 Å². The monoisotopic (exact) mass is 395 g/mol. The molecule has 0 saturated heterocycles. The Morgan fingerprint density at radius 1 is 1.21 bits per heavy atom. The summed E-state index contributed by atoms with van der Waals surface area (Å²) in [5.41, 5.74) is 3.53. The Morgan fingerprint density at radius 3 is 2.82 bits per heavy atom. The molecule has 1 aromatic heterocycles. The molecule has 0 bridgehead atoms. The number of aryl methyl sites for hydroxylation is 2. The van der Waals surface area contributed by atoms with Crippen LogP contribution in [0.5, 0.6) is 0 Å². The second-order valence-electron chi connectivity index (χ2n) is 6.62. The third kappa shape index (κ3) is 3.36. The largest absolute Gasteiger partial charge is 0.354 e. The topological polar surface area (TPSA) is 84.2 Å². The highest BCUT2D eigenvalue weighted by Gasteiger charge is 2.30. The minimum Gasteiger partial charge on any atom is -0.334 e.